The molecule has 0 spiro atoms. The van der Waals surface area contributed by atoms with Crippen molar-refractivity contribution in [2.24, 2.45) is 0 Å². The first kappa shape index (κ1) is 13.7. The number of halogens is 1. The van der Waals surface area contributed by atoms with Crippen molar-refractivity contribution in [2.45, 2.75) is 6.42 Å². The highest BCUT2D eigenvalue weighted by Gasteiger charge is 2.02. The molecule has 0 aliphatic heterocycles. The summed E-state index contributed by atoms with van der Waals surface area (Å²) < 4.78 is 28.6. The van der Waals surface area contributed by atoms with Crippen LogP contribution in [0.5, 0.6) is 0 Å². The lowest BCUT2D eigenvalue weighted by molar-refractivity contribution is 0.404. The van der Waals surface area contributed by atoms with Gasteiger partial charge < -0.3 is 4.90 Å². The van der Waals surface area contributed by atoms with Gasteiger partial charge >= 0.3 is 0 Å². The Balaban J connectivity index is 0. The minimum atomic E-state index is -3.75. The monoisotopic (exact) mass is 203 g/mol. The second-order valence-corrected chi connectivity index (χ2v) is 4.01. The van der Waals surface area contributed by atoms with E-state index in [1.54, 1.807) is 0 Å². The topological polar surface area (TPSA) is 57.6 Å². The van der Waals surface area contributed by atoms with Crippen molar-refractivity contribution in [3.63, 3.8) is 0 Å². The summed E-state index contributed by atoms with van der Waals surface area (Å²) in [6.07, 6.45) is 0.478. The van der Waals surface area contributed by atoms with Gasteiger partial charge in [0.05, 0.1) is 5.75 Å². The summed E-state index contributed by atoms with van der Waals surface area (Å²) in [4.78, 5) is 1.87. The van der Waals surface area contributed by atoms with E-state index in [9.17, 15) is 8.42 Å². The largest absolute Gasteiger partial charge is 0.309 e. The van der Waals surface area contributed by atoms with Crippen molar-refractivity contribution in [1.29, 1.82) is 0 Å². The molecule has 0 radical (unpaired) electrons. The van der Waals surface area contributed by atoms with Crippen molar-refractivity contribution in [2.75, 3.05) is 26.4 Å². The van der Waals surface area contributed by atoms with Crippen LogP contribution in [0.2, 0.25) is 0 Å². The fourth-order valence-corrected chi connectivity index (χ4v) is 1.06. The van der Waals surface area contributed by atoms with Crippen molar-refractivity contribution in [3.8, 4) is 0 Å². The van der Waals surface area contributed by atoms with Gasteiger partial charge in [0.2, 0.25) is 0 Å². The number of hydrogen-bond acceptors (Lipinski definition) is 3. The zero-order valence-electron chi connectivity index (χ0n) is 6.65. The molecule has 0 rings (SSSR count). The molecule has 0 amide bonds. The van der Waals surface area contributed by atoms with Crippen LogP contribution in [0.3, 0.4) is 0 Å². The summed E-state index contributed by atoms with van der Waals surface area (Å²) in [5, 5.41) is 0. The highest BCUT2D eigenvalue weighted by Crippen LogP contribution is 1.88. The van der Waals surface area contributed by atoms with Crippen LogP contribution >= 0.6 is 12.4 Å². The third-order valence-corrected chi connectivity index (χ3v) is 1.81. The van der Waals surface area contributed by atoms with E-state index >= 15 is 0 Å². The Morgan fingerprint density at radius 1 is 1.36 bits per heavy atom. The highest BCUT2D eigenvalue weighted by atomic mass is 35.5. The van der Waals surface area contributed by atoms with Gasteiger partial charge in [-0.3, -0.25) is 4.55 Å². The Kier molecular flexibility index (Phi) is 7.20. The van der Waals surface area contributed by atoms with Crippen molar-refractivity contribution >= 4 is 22.5 Å². The fraction of sp³-hybridized carbons (Fsp3) is 1.00. The molecule has 0 unspecified atom stereocenters. The van der Waals surface area contributed by atoms with Gasteiger partial charge in [-0.15, -0.1) is 12.4 Å². The van der Waals surface area contributed by atoms with Crippen LogP contribution in [0, 0.1) is 0 Å². The number of hydrogen-bond donors (Lipinski definition) is 1. The highest BCUT2D eigenvalue weighted by molar-refractivity contribution is 7.85. The molecule has 0 heterocycles. The Hall–Kier alpha value is 0.160. The molecule has 1 N–H and O–H groups in total. The van der Waals surface area contributed by atoms with Crippen molar-refractivity contribution in [3.05, 3.63) is 0 Å². The normalized spacial score (nSPS) is 11.3. The van der Waals surface area contributed by atoms with E-state index in [2.05, 4.69) is 0 Å². The van der Waals surface area contributed by atoms with Crippen LogP contribution in [0.25, 0.3) is 0 Å². The molecular formula is C5H14ClNO3S. The standard InChI is InChI=1S/C5H13NO3S.ClH/c1-6(2)4-3-5-10(7,8)9;/h3-5H2,1-2H3,(H,7,8,9);1H. The molecule has 4 nitrogen and oxygen atoms in total. The Bertz CT molecular complexity index is 178. The molecule has 0 fully saturated rings. The van der Waals surface area contributed by atoms with Crippen molar-refractivity contribution < 1.29 is 13.0 Å². The molecule has 70 valence electrons. The minimum absolute atomic E-state index is 0. The SMILES string of the molecule is CN(C)CCCS(=O)(=O)O.Cl. The third kappa shape index (κ3) is 13.2. The molecule has 0 aliphatic rings. The lowest BCUT2D eigenvalue weighted by atomic mass is 10.5. The third-order valence-electron chi connectivity index (χ3n) is 1.01. The Labute approximate surface area is 73.7 Å². The molecule has 0 saturated carbocycles. The summed E-state index contributed by atoms with van der Waals surface area (Å²) in [5.41, 5.74) is 0. The second-order valence-electron chi connectivity index (χ2n) is 2.44. The van der Waals surface area contributed by atoms with Crippen LogP contribution in [-0.2, 0) is 10.1 Å². The van der Waals surface area contributed by atoms with E-state index < -0.39 is 10.1 Å². The number of nitrogens with zero attached hydrogens (tertiary/aromatic N) is 1. The van der Waals surface area contributed by atoms with Gasteiger partial charge in [0.25, 0.3) is 10.1 Å². The summed E-state index contributed by atoms with van der Waals surface area (Å²) in [5.74, 6) is -0.148. The predicted molar refractivity (Wildman–Crippen MR) is 46.8 cm³/mol. The maximum atomic E-state index is 10.1. The number of rotatable bonds is 4. The van der Waals surface area contributed by atoms with Crippen LogP contribution < -0.4 is 0 Å². The molecule has 0 bridgehead atoms. The van der Waals surface area contributed by atoms with Gasteiger partial charge in [-0.1, -0.05) is 0 Å². The minimum Gasteiger partial charge on any atom is -0.309 e. The Morgan fingerprint density at radius 3 is 2.09 bits per heavy atom. The predicted octanol–water partition coefficient (Wildman–Crippen LogP) is 0.248. The first-order valence-corrected chi connectivity index (χ1v) is 4.62. The molecule has 0 aromatic rings. The van der Waals surface area contributed by atoms with Crippen LogP contribution in [0.1, 0.15) is 6.42 Å². The first-order chi connectivity index (χ1) is 4.42. The van der Waals surface area contributed by atoms with E-state index in [4.69, 9.17) is 4.55 Å². The van der Waals surface area contributed by atoms with Crippen LogP contribution in [0.15, 0.2) is 0 Å². The zero-order valence-corrected chi connectivity index (χ0v) is 8.28. The van der Waals surface area contributed by atoms with E-state index in [1.807, 2.05) is 19.0 Å². The van der Waals surface area contributed by atoms with Crippen molar-refractivity contribution in [1.82, 2.24) is 4.90 Å². The first-order valence-electron chi connectivity index (χ1n) is 3.02. The van der Waals surface area contributed by atoms with Crippen LogP contribution in [-0.4, -0.2) is 44.3 Å². The summed E-state index contributed by atoms with van der Waals surface area (Å²) >= 11 is 0. The summed E-state index contributed by atoms with van der Waals surface area (Å²) in [7, 11) is -0.0441. The smallest absolute Gasteiger partial charge is 0.264 e. The van der Waals surface area contributed by atoms with E-state index in [0.29, 0.717) is 13.0 Å². The van der Waals surface area contributed by atoms with Crippen LogP contribution in [0.4, 0.5) is 0 Å². The van der Waals surface area contributed by atoms with Gasteiger partial charge in [0.15, 0.2) is 0 Å². The van der Waals surface area contributed by atoms with Gasteiger partial charge in [-0.2, -0.15) is 8.42 Å². The Morgan fingerprint density at radius 2 is 1.82 bits per heavy atom. The second kappa shape index (κ2) is 5.77. The zero-order chi connectivity index (χ0) is 8.20. The molecular weight excluding hydrogens is 190 g/mol. The molecule has 6 heteroatoms. The van der Waals surface area contributed by atoms with Gasteiger partial charge in [-0.25, -0.2) is 0 Å². The lowest BCUT2D eigenvalue weighted by Gasteiger charge is -2.06. The maximum Gasteiger partial charge on any atom is 0.264 e. The van der Waals surface area contributed by atoms with Gasteiger partial charge in [-0.05, 0) is 27.1 Å². The van der Waals surface area contributed by atoms with E-state index in [0.717, 1.165) is 0 Å². The quantitative estimate of drug-likeness (QED) is 0.666. The molecule has 0 aromatic carbocycles. The molecule has 11 heavy (non-hydrogen) atoms. The maximum absolute atomic E-state index is 10.1. The summed E-state index contributed by atoms with van der Waals surface area (Å²) in [6, 6.07) is 0. The van der Waals surface area contributed by atoms with E-state index in [1.165, 1.54) is 0 Å². The molecule has 0 saturated heterocycles. The average molecular weight is 204 g/mol. The lowest BCUT2D eigenvalue weighted by Crippen LogP contribution is -2.16. The average Bonchev–Trinajstić information content (AvgIpc) is 1.59. The molecule has 0 aliphatic carbocycles. The summed E-state index contributed by atoms with van der Waals surface area (Å²) in [6.45, 7) is 0.680. The van der Waals surface area contributed by atoms with E-state index in [-0.39, 0.29) is 18.2 Å². The fourth-order valence-electron chi connectivity index (χ4n) is 0.563. The van der Waals surface area contributed by atoms with Gasteiger partial charge in [0, 0.05) is 0 Å². The molecule has 0 aromatic heterocycles. The molecule has 0 atom stereocenters. The van der Waals surface area contributed by atoms with Gasteiger partial charge in [0.1, 0.15) is 0 Å².